The lowest BCUT2D eigenvalue weighted by Crippen LogP contribution is -2.67. The predicted octanol–water partition coefficient (Wildman–Crippen LogP) is 9.68. The van der Waals surface area contributed by atoms with Gasteiger partial charge in [-0.25, -0.2) is 4.79 Å². The van der Waals surface area contributed by atoms with Crippen LogP contribution < -0.4 is 0 Å². The Kier molecular flexibility index (Phi) is 8.80. The molecule has 244 valence electrons. The van der Waals surface area contributed by atoms with Crippen molar-refractivity contribution < 1.29 is 19.7 Å². The minimum Gasteiger partial charge on any atom is -0.508 e. The van der Waals surface area contributed by atoms with Crippen molar-refractivity contribution in [3.05, 3.63) is 60.4 Å². The second kappa shape index (κ2) is 11.6. The normalized spacial score (nSPS) is 45.1. The van der Waals surface area contributed by atoms with Crippen molar-refractivity contribution in [3.8, 4) is 0 Å². The van der Waals surface area contributed by atoms with Gasteiger partial charge in [0.05, 0.1) is 0 Å². The van der Waals surface area contributed by atoms with Crippen molar-refractivity contribution in [1.29, 1.82) is 0 Å². The van der Waals surface area contributed by atoms with Crippen LogP contribution >= 0.6 is 0 Å². The lowest BCUT2D eigenvalue weighted by Gasteiger charge is -2.73. The number of hydrogen-bond donors (Lipinski definition) is 2. The topological polar surface area (TPSA) is 66.8 Å². The summed E-state index contributed by atoms with van der Waals surface area (Å²) in [5.41, 5.74) is 2.93. The molecule has 0 aliphatic heterocycles. The SMILES string of the molecule is C=C\C(O)=C/C=C(C)/C=C\C(=O)O[C@H]1CC[C@]2(C)[C@H]3CC[C@@H]4[C@H]5[C@H](C(=C)C)CC[C@]5(CO)CC[C@@]4(C)[C@]3(C)CC[C@H]2C1(C)C. The van der Waals surface area contributed by atoms with E-state index in [0.29, 0.717) is 36.2 Å². The fourth-order valence-corrected chi connectivity index (χ4v) is 12.5. The minimum atomic E-state index is -0.289. The first kappa shape index (κ1) is 33.3. The highest BCUT2D eigenvalue weighted by molar-refractivity contribution is 5.82. The fraction of sp³-hybridized carbons (Fsp3) is 0.725. The van der Waals surface area contributed by atoms with E-state index in [4.69, 9.17) is 4.74 Å². The Balaban J connectivity index is 1.36. The molecule has 5 rings (SSSR count). The van der Waals surface area contributed by atoms with E-state index in [9.17, 15) is 15.0 Å². The largest absolute Gasteiger partial charge is 0.508 e. The van der Waals surface area contributed by atoms with Crippen molar-refractivity contribution in [3.63, 3.8) is 0 Å². The average molecular weight is 605 g/mol. The lowest BCUT2D eigenvalue weighted by molar-refractivity contribution is -0.251. The molecule has 10 atom stereocenters. The summed E-state index contributed by atoms with van der Waals surface area (Å²) in [6.07, 6.45) is 19.6. The van der Waals surface area contributed by atoms with Crippen LogP contribution in [0.3, 0.4) is 0 Å². The zero-order valence-electron chi connectivity index (χ0n) is 28.8. The monoisotopic (exact) mass is 604 g/mol. The third-order valence-electron chi connectivity index (χ3n) is 15.0. The van der Waals surface area contributed by atoms with E-state index in [1.54, 1.807) is 18.2 Å². The first-order valence-corrected chi connectivity index (χ1v) is 17.4. The molecule has 0 aromatic heterocycles. The van der Waals surface area contributed by atoms with E-state index in [0.717, 1.165) is 31.3 Å². The Morgan fingerprint density at radius 1 is 0.864 bits per heavy atom. The van der Waals surface area contributed by atoms with Crippen LogP contribution in [0.25, 0.3) is 0 Å². The van der Waals surface area contributed by atoms with E-state index in [2.05, 4.69) is 54.7 Å². The molecule has 5 aliphatic rings. The molecule has 0 spiro atoms. The molecule has 5 aliphatic carbocycles. The Labute approximate surface area is 267 Å². The molecule has 0 aromatic rings. The highest BCUT2D eigenvalue weighted by Gasteiger charge is 2.71. The van der Waals surface area contributed by atoms with E-state index in [-0.39, 0.29) is 44.9 Å². The zero-order valence-corrected chi connectivity index (χ0v) is 28.8. The molecule has 44 heavy (non-hydrogen) atoms. The standard InChI is InChI=1S/C40H60O4/c1-10-28(42)13-11-27(4)12-16-34(43)44-33-19-20-37(7)31(36(33,5)6)18-21-39(9)32(37)15-14-30-35-29(26(2)3)17-22-40(35,25-41)24-23-38(30,39)8/h10-13,16,29-33,35,41-42H,1-2,14-15,17-25H2,3-9H3/b16-12-,27-11+,28-13+/t29-,30+,31-,32+,33-,35+,37-,38+,39+,40+/m0/s1. The van der Waals surface area contributed by atoms with Crippen molar-refractivity contribution in [1.82, 2.24) is 0 Å². The molecule has 0 unspecified atom stereocenters. The molecule has 2 N–H and O–H groups in total. The summed E-state index contributed by atoms with van der Waals surface area (Å²) in [5.74, 6) is 2.73. The fourth-order valence-electron chi connectivity index (χ4n) is 12.5. The maximum Gasteiger partial charge on any atom is 0.331 e. The van der Waals surface area contributed by atoms with Crippen LogP contribution in [0.5, 0.6) is 0 Å². The summed E-state index contributed by atoms with van der Waals surface area (Å²) >= 11 is 0. The lowest BCUT2D eigenvalue weighted by atomic mass is 9.32. The first-order chi connectivity index (χ1) is 20.6. The maximum atomic E-state index is 13.0. The van der Waals surface area contributed by atoms with Gasteiger partial charge in [0.1, 0.15) is 11.9 Å². The molecule has 0 bridgehead atoms. The number of ether oxygens (including phenoxy) is 1. The molecular formula is C40H60O4. The number of aliphatic hydroxyl groups is 2. The molecule has 0 amide bonds. The van der Waals surface area contributed by atoms with Crippen molar-refractivity contribution in [2.45, 2.75) is 119 Å². The van der Waals surface area contributed by atoms with Gasteiger partial charge >= 0.3 is 5.97 Å². The van der Waals surface area contributed by atoms with Gasteiger partial charge in [-0.2, -0.15) is 0 Å². The molecule has 5 saturated carbocycles. The Bertz CT molecular complexity index is 1250. The molecule has 0 saturated heterocycles. The van der Waals surface area contributed by atoms with Crippen LogP contribution in [-0.4, -0.2) is 28.9 Å². The number of carbonyl (C=O) groups is 1. The van der Waals surface area contributed by atoms with Gasteiger partial charge in [-0.05, 0) is 141 Å². The van der Waals surface area contributed by atoms with Crippen LogP contribution in [0, 0.1) is 56.7 Å². The molecule has 0 heterocycles. The van der Waals surface area contributed by atoms with Gasteiger partial charge in [-0.15, -0.1) is 0 Å². The number of carbonyl (C=O) groups excluding carboxylic acids is 1. The highest BCUT2D eigenvalue weighted by atomic mass is 16.5. The third-order valence-corrected chi connectivity index (χ3v) is 15.0. The predicted molar refractivity (Wildman–Crippen MR) is 180 cm³/mol. The van der Waals surface area contributed by atoms with Crippen LogP contribution in [0.2, 0.25) is 0 Å². The molecule has 0 radical (unpaired) electrons. The molecule has 0 aromatic carbocycles. The van der Waals surface area contributed by atoms with Crippen LogP contribution in [0.1, 0.15) is 113 Å². The Morgan fingerprint density at radius 3 is 2.25 bits per heavy atom. The summed E-state index contributed by atoms with van der Waals surface area (Å²) in [6, 6.07) is 0. The number of aliphatic hydroxyl groups excluding tert-OH is 2. The van der Waals surface area contributed by atoms with Gasteiger partial charge in [0.25, 0.3) is 0 Å². The summed E-state index contributed by atoms with van der Waals surface area (Å²) in [7, 11) is 0. The second-order valence-corrected chi connectivity index (χ2v) is 17.0. The molecular weight excluding hydrogens is 544 g/mol. The van der Waals surface area contributed by atoms with Gasteiger partial charge in [0.15, 0.2) is 0 Å². The Hall–Kier alpha value is -2.07. The first-order valence-electron chi connectivity index (χ1n) is 17.4. The summed E-state index contributed by atoms with van der Waals surface area (Å²) in [5, 5.41) is 20.4. The third kappa shape index (κ3) is 5.01. The van der Waals surface area contributed by atoms with Gasteiger partial charge in [-0.3, -0.25) is 0 Å². The van der Waals surface area contributed by atoms with Crippen molar-refractivity contribution in [2.75, 3.05) is 6.61 Å². The Morgan fingerprint density at radius 2 is 1.59 bits per heavy atom. The van der Waals surface area contributed by atoms with E-state index in [1.165, 1.54) is 56.3 Å². The number of fused-ring (bicyclic) bond motifs is 7. The summed E-state index contributed by atoms with van der Waals surface area (Å²) < 4.78 is 6.20. The van der Waals surface area contributed by atoms with Crippen molar-refractivity contribution >= 4 is 5.97 Å². The summed E-state index contributed by atoms with van der Waals surface area (Å²) in [6.45, 7) is 25.1. The second-order valence-electron chi connectivity index (χ2n) is 17.0. The molecule has 4 nitrogen and oxygen atoms in total. The number of allylic oxidation sites excluding steroid dienone is 6. The maximum absolute atomic E-state index is 13.0. The van der Waals surface area contributed by atoms with Gasteiger partial charge in [-0.1, -0.05) is 71.1 Å². The van der Waals surface area contributed by atoms with Crippen LogP contribution in [0.4, 0.5) is 0 Å². The van der Waals surface area contributed by atoms with E-state index >= 15 is 0 Å². The number of hydrogen-bond acceptors (Lipinski definition) is 4. The van der Waals surface area contributed by atoms with Gasteiger partial charge in [0.2, 0.25) is 0 Å². The van der Waals surface area contributed by atoms with Gasteiger partial charge in [0, 0.05) is 18.1 Å². The smallest absolute Gasteiger partial charge is 0.331 e. The molecule has 5 fully saturated rings. The van der Waals surface area contributed by atoms with Gasteiger partial charge < -0.3 is 14.9 Å². The summed E-state index contributed by atoms with van der Waals surface area (Å²) in [4.78, 5) is 13.0. The molecule has 4 heteroatoms. The highest BCUT2D eigenvalue weighted by Crippen LogP contribution is 2.77. The van der Waals surface area contributed by atoms with E-state index < -0.39 is 0 Å². The van der Waals surface area contributed by atoms with Crippen LogP contribution in [-0.2, 0) is 9.53 Å². The zero-order chi connectivity index (χ0) is 32.3. The van der Waals surface area contributed by atoms with Crippen LogP contribution in [0.15, 0.2) is 60.4 Å². The number of esters is 1. The minimum absolute atomic E-state index is 0.0921. The van der Waals surface area contributed by atoms with Crippen molar-refractivity contribution in [2.24, 2.45) is 56.7 Å². The average Bonchev–Trinajstić information content (AvgIpc) is 3.37. The van der Waals surface area contributed by atoms with E-state index in [1.807, 2.05) is 6.92 Å². The number of rotatable bonds is 7. The quantitative estimate of drug-likeness (QED) is 0.0998.